The minimum absolute atomic E-state index is 0.128. The average molecular weight is 212 g/mol. The van der Waals surface area contributed by atoms with Crippen molar-refractivity contribution in [3.8, 4) is 0 Å². The van der Waals surface area contributed by atoms with Crippen molar-refractivity contribution in [2.75, 3.05) is 6.61 Å². The first-order chi connectivity index (χ1) is 7.17. The quantitative estimate of drug-likeness (QED) is 0.599. The van der Waals surface area contributed by atoms with Crippen molar-refractivity contribution in [1.29, 1.82) is 0 Å². The monoisotopic (exact) mass is 212 g/mol. The standard InChI is InChI=1S/C9H12N2O4/c12-9(13)3-6(11-2-1-10-5-11)7-4-14-8(9)15-7/h1-2,5-8,12-13H,3-4H2/t6-,7+,8+/m0/s1. The van der Waals surface area contributed by atoms with Gasteiger partial charge in [-0.1, -0.05) is 0 Å². The largest absolute Gasteiger partial charge is 0.362 e. The summed E-state index contributed by atoms with van der Waals surface area (Å²) in [6.45, 7) is 0.385. The van der Waals surface area contributed by atoms with Gasteiger partial charge in [0.05, 0.1) is 19.0 Å². The fourth-order valence-corrected chi connectivity index (χ4v) is 2.16. The van der Waals surface area contributed by atoms with E-state index in [1.54, 1.807) is 18.7 Å². The Morgan fingerprint density at radius 2 is 2.33 bits per heavy atom. The first-order valence-corrected chi connectivity index (χ1v) is 4.86. The molecule has 6 heteroatoms. The van der Waals surface area contributed by atoms with E-state index in [1.165, 1.54) is 0 Å². The highest BCUT2D eigenvalue weighted by molar-refractivity contribution is 4.95. The summed E-state index contributed by atoms with van der Waals surface area (Å²) in [7, 11) is 0. The predicted molar refractivity (Wildman–Crippen MR) is 47.7 cm³/mol. The van der Waals surface area contributed by atoms with Gasteiger partial charge in [0.15, 0.2) is 0 Å². The first kappa shape index (κ1) is 9.29. The maximum Gasteiger partial charge on any atom is 0.217 e. The highest BCUT2D eigenvalue weighted by Crippen LogP contribution is 2.39. The van der Waals surface area contributed by atoms with Crippen LogP contribution in [0.25, 0.3) is 0 Å². The molecule has 2 N–H and O–H groups in total. The molecule has 0 aliphatic carbocycles. The normalized spacial score (nSPS) is 38.1. The molecule has 6 nitrogen and oxygen atoms in total. The van der Waals surface area contributed by atoms with E-state index in [0.29, 0.717) is 6.61 Å². The van der Waals surface area contributed by atoms with E-state index in [1.807, 2.05) is 4.57 Å². The van der Waals surface area contributed by atoms with Crippen LogP contribution in [0.3, 0.4) is 0 Å². The molecule has 1 aromatic rings. The van der Waals surface area contributed by atoms with Crippen LogP contribution in [0.15, 0.2) is 18.7 Å². The second-order valence-electron chi connectivity index (χ2n) is 4.00. The lowest BCUT2D eigenvalue weighted by molar-refractivity contribution is -0.315. The smallest absolute Gasteiger partial charge is 0.217 e. The van der Waals surface area contributed by atoms with Gasteiger partial charge in [0.25, 0.3) is 0 Å². The summed E-state index contributed by atoms with van der Waals surface area (Å²) in [5.74, 6) is -1.91. The van der Waals surface area contributed by atoms with E-state index in [4.69, 9.17) is 9.47 Å². The van der Waals surface area contributed by atoms with E-state index < -0.39 is 12.1 Å². The third-order valence-corrected chi connectivity index (χ3v) is 2.93. The Kier molecular flexibility index (Phi) is 1.87. The van der Waals surface area contributed by atoms with Gasteiger partial charge < -0.3 is 24.3 Å². The SMILES string of the molecule is OC1(O)C[C@H](n2ccnc2)[C@H]2CO[C@@H]1O2. The van der Waals surface area contributed by atoms with Crippen LogP contribution in [0, 0.1) is 0 Å². The Balaban J connectivity index is 1.91. The maximum atomic E-state index is 9.70. The Labute approximate surface area is 86.1 Å². The molecule has 0 radical (unpaired) electrons. The minimum atomic E-state index is -1.91. The van der Waals surface area contributed by atoms with Gasteiger partial charge in [0.2, 0.25) is 12.1 Å². The van der Waals surface area contributed by atoms with E-state index in [9.17, 15) is 10.2 Å². The third-order valence-electron chi connectivity index (χ3n) is 2.93. The van der Waals surface area contributed by atoms with Gasteiger partial charge in [-0.2, -0.15) is 0 Å². The number of ether oxygens (including phenoxy) is 2. The fraction of sp³-hybridized carbons (Fsp3) is 0.667. The van der Waals surface area contributed by atoms with E-state index in [0.717, 1.165) is 0 Å². The summed E-state index contributed by atoms with van der Waals surface area (Å²) in [4.78, 5) is 3.93. The molecule has 1 aromatic heterocycles. The predicted octanol–water partition coefficient (Wildman–Crippen LogP) is -0.750. The topological polar surface area (TPSA) is 76.7 Å². The number of rotatable bonds is 1. The van der Waals surface area contributed by atoms with Gasteiger partial charge in [-0.05, 0) is 0 Å². The maximum absolute atomic E-state index is 9.70. The van der Waals surface area contributed by atoms with Gasteiger partial charge in [0.1, 0.15) is 6.10 Å². The van der Waals surface area contributed by atoms with Gasteiger partial charge in [-0.25, -0.2) is 4.98 Å². The van der Waals surface area contributed by atoms with Gasteiger partial charge >= 0.3 is 0 Å². The van der Waals surface area contributed by atoms with Crippen LogP contribution in [0.4, 0.5) is 0 Å². The number of hydrogen-bond acceptors (Lipinski definition) is 5. The number of aromatic nitrogens is 2. The molecule has 0 unspecified atom stereocenters. The van der Waals surface area contributed by atoms with Gasteiger partial charge in [-0.15, -0.1) is 0 Å². The number of imidazole rings is 1. The summed E-state index contributed by atoms with van der Waals surface area (Å²) in [5, 5.41) is 19.4. The first-order valence-electron chi connectivity index (χ1n) is 4.86. The molecule has 3 rings (SSSR count). The lowest BCUT2D eigenvalue weighted by atomic mass is 9.99. The van der Waals surface area contributed by atoms with E-state index >= 15 is 0 Å². The molecule has 2 aliphatic heterocycles. The van der Waals surface area contributed by atoms with Crippen LogP contribution in [-0.2, 0) is 9.47 Å². The van der Waals surface area contributed by atoms with Crippen molar-refractivity contribution in [2.45, 2.75) is 30.6 Å². The van der Waals surface area contributed by atoms with Crippen molar-refractivity contribution in [3.63, 3.8) is 0 Å². The van der Waals surface area contributed by atoms with Crippen molar-refractivity contribution in [2.24, 2.45) is 0 Å². The minimum Gasteiger partial charge on any atom is -0.362 e. The Bertz CT molecular complexity index is 351. The second kappa shape index (κ2) is 3.02. The van der Waals surface area contributed by atoms with Crippen molar-refractivity contribution >= 4 is 0 Å². The third kappa shape index (κ3) is 1.37. The average Bonchev–Trinajstić information content (AvgIpc) is 2.84. The zero-order chi connectivity index (χ0) is 10.5. The Morgan fingerprint density at radius 3 is 3.07 bits per heavy atom. The fourth-order valence-electron chi connectivity index (χ4n) is 2.16. The molecule has 15 heavy (non-hydrogen) atoms. The Morgan fingerprint density at radius 1 is 1.47 bits per heavy atom. The highest BCUT2D eigenvalue weighted by atomic mass is 16.8. The number of nitrogens with zero attached hydrogens (tertiary/aromatic N) is 2. The van der Waals surface area contributed by atoms with Crippen LogP contribution in [0.5, 0.6) is 0 Å². The molecule has 0 saturated carbocycles. The lowest BCUT2D eigenvalue weighted by Gasteiger charge is -2.36. The van der Waals surface area contributed by atoms with Crippen molar-refractivity contribution in [1.82, 2.24) is 9.55 Å². The molecule has 3 heterocycles. The van der Waals surface area contributed by atoms with Crippen LogP contribution < -0.4 is 0 Å². The molecule has 0 amide bonds. The number of fused-ring (bicyclic) bond motifs is 2. The molecule has 2 bridgehead atoms. The summed E-state index contributed by atoms with van der Waals surface area (Å²) in [6, 6.07) is -0.138. The summed E-state index contributed by atoms with van der Waals surface area (Å²) in [5.41, 5.74) is 0. The molecule has 2 aliphatic rings. The van der Waals surface area contributed by atoms with Crippen molar-refractivity contribution < 1.29 is 19.7 Å². The Hall–Kier alpha value is -0.950. The van der Waals surface area contributed by atoms with E-state index in [-0.39, 0.29) is 18.6 Å². The molecular formula is C9H12N2O4. The summed E-state index contributed by atoms with van der Waals surface area (Å²) in [6.07, 6.45) is 4.22. The van der Waals surface area contributed by atoms with Gasteiger partial charge in [0, 0.05) is 18.8 Å². The van der Waals surface area contributed by atoms with E-state index in [2.05, 4.69) is 4.98 Å². The van der Waals surface area contributed by atoms with Gasteiger partial charge in [-0.3, -0.25) is 0 Å². The van der Waals surface area contributed by atoms with Crippen LogP contribution in [0.1, 0.15) is 12.5 Å². The zero-order valence-corrected chi connectivity index (χ0v) is 7.98. The van der Waals surface area contributed by atoms with Crippen LogP contribution in [-0.4, -0.2) is 44.6 Å². The molecule has 2 saturated heterocycles. The summed E-state index contributed by atoms with van der Waals surface area (Å²) >= 11 is 0. The highest BCUT2D eigenvalue weighted by Gasteiger charge is 2.52. The summed E-state index contributed by atoms with van der Waals surface area (Å²) < 4.78 is 12.4. The molecule has 3 atom stereocenters. The van der Waals surface area contributed by atoms with Crippen LogP contribution in [0.2, 0.25) is 0 Å². The second-order valence-corrected chi connectivity index (χ2v) is 4.00. The molecule has 0 spiro atoms. The molecule has 0 aromatic carbocycles. The molecular weight excluding hydrogens is 200 g/mol. The molecule has 2 fully saturated rings. The number of aliphatic hydroxyl groups is 2. The zero-order valence-electron chi connectivity index (χ0n) is 7.98. The van der Waals surface area contributed by atoms with Crippen molar-refractivity contribution in [3.05, 3.63) is 18.7 Å². The number of hydrogen-bond donors (Lipinski definition) is 2. The van der Waals surface area contributed by atoms with Crippen LogP contribution >= 0.6 is 0 Å². The molecule has 82 valence electrons. The lowest BCUT2D eigenvalue weighted by Crippen LogP contribution is -2.50.